The topological polar surface area (TPSA) is 79.0 Å². The largest absolute Gasteiger partial charge is 0.344 e. The van der Waals surface area contributed by atoms with Crippen molar-refractivity contribution in [3.63, 3.8) is 0 Å². The van der Waals surface area contributed by atoms with Crippen LogP contribution in [0.25, 0.3) is 15.9 Å². The van der Waals surface area contributed by atoms with Crippen LogP contribution in [0.4, 0.5) is 0 Å². The number of benzene rings is 1. The summed E-state index contributed by atoms with van der Waals surface area (Å²) in [5.41, 5.74) is 2.96. The van der Waals surface area contributed by atoms with Gasteiger partial charge in [0.25, 0.3) is 5.56 Å². The molecule has 154 valence electrons. The lowest BCUT2D eigenvalue weighted by atomic mass is 10.2. The molecular formula is C22H22N4O2S2. The standard InChI is InChI=1S/C22H22N4O2S2/c1-14-7-9-15(10-8-14)26-21(28)19-16-5-3-6-17(16)30-20(19)24-22(26)29-13-18(27)25(2)12-4-11-23/h7-10H,3-6,12-13H2,1-2H3. The fourth-order valence-corrected chi connectivity index (χ4v) is 5.88. The van der Waals surface area contributed by atoms with Gasteiger partial charge in [-0.15, -0.1) is 11.3 Å². The summed E-state index contributed by atoms with van der Waals surface area (Å²) < 4.78 is 1.64. The number of rotatable bonds is 6. The van der Waals surface area contributed by atoms with Crippen LogP contribution in [0.2, 0.25) is 0 Å². The molecule has 2 aromatic heterocycles. The van der Waals surface area contributed by atoms with Crippen molar-refractivity contribution in [1.82, 2.24) is 14.5 Å². The molecule has 0 saturated carbocycles. The molecule has 0 atom stereocenters. The second-order valence-corrected chi connectivity index (χ2v) is 9.45. The number of hydrogen-bond acceptors (Lipinski definition) is 6. The average Bonchev–Trinajstić information content (AvgIpc) is 3.32. The van der Waals surface area contributed by atoms with Gasteiger partial charge in [0, 0.05) is 18.5 Å². The summed E-state index contributed by atoms with van der Waals surface area (Å²) in [5.74, 6) is 0.0744. The zero-order valence-electron chi connectivity index (χ0n) is 17.0. The highest BCUT2D eigenvalue weighted by Crippen LogP contribution is 2.36. The van der Waals surface area contributed by atoms with E-state index in [4.69, 9.17) is 10.2 Å². The summed E-state index contributed by atoms with van der Waals surface area (Å²) in [7, 11) is 1.69. The number of thiophene rings is 1. The number of carbonyl (C=O) groups is 1. The molecular weight excluding hydrogens is 416 g/mol. The zero-order chi connectivity index (χ0) is 21.3. The lowest BCUT2D eigenvalue weighted by molar-refractivity contribution is -0.127. The van der Waals surface area contributed by atoms with Gasteiger partial charge >= 0.3 is 0 Å². The molecule has 0 fully saturated rings. The number of aromatic nitrogens is 2. The van der Waals surface area contributed by atoms with E-state index in [0.29, 0.717) is 18.1 Å². The van der Waals surface area contributed by atoms with E-state index in [1.807, 2.05) is 31.2 Å². The zero-order valence-corrected chi connectivity index (χ0v) is 18.6. The highest BCUT2D eigenvalue weighted by molar-refractivity contribution is 7.99. The third-order valence-electron chi connectivity index (χ3n) is 5.31. The summed E-state index contributed by atoms with van der Waals surface area (Å²) in [6.07, 6.45) is 3.31. The van der Waals surface area contributed by atoms with Gasteiger partial charge in [-0.2, -0.15) is 5.26 Å². The monoisotopic (exact) mass is 438 g/mol. The van der Waals surface area contributed by atoms with Crippen molar-refractivity contribution in [2.45, 2.75) is 37.8 Å². The highest BCUT2D eigenvalue weighted by Gasteiger charge is 2.24. The highest BCUT2D eigenvalue weighted by atomic mass is 32.2. The first-order valence-electron chi connectivity index (χ1n) is 9.87. The van der Waals surface area contributed by atoms with Crippen LogP contribution in [0.5, 0.6) is 0 Å². The van der Waals surface area contributed by atoms with E-state index < -0.39 is 0 Å². The predicted molar refractivity (Wildman–Crippen MR) is 121 cm³/mol. The minimum absolute atomic E-state index is 0.0592. The van der Waals surface area contributed by atoms with Crippen molar-refractivity contribution < 1.29 is 4.79 Å². The number of carbonyl (C=O) groups excluding carboxylic acids is 1. The summed E-state index contributed by atoms with van der Waals surface area (Å²) in [6, 6.07) is 9.83. The van der Waals surface area contributed by atoms with Crippen molar-refractivity contribution in [2.24, 2.45) is 0 Å². The lowest BCUT2D eigenvalue weighted by Crippen LogP contribution is -2.29. The van der Waals surface area contributed by atoms with Gasteiger partial charge in [0.1, 0.15) is 4.83 Å². The van der Waals surface area contributed by atoms with Gasteiger partial charge in [-0.05, 0) is 43.9 Å². The molecule has 0 spiro atoms. The maximum absolute atomic E-state index is 13.6. The number of fused-ring (bicyclic) bond motifs is 3. The number of thioether (sulfide) groups is 1. The van der Waals surface area contributed by atoms with Crippen molar-refractivity contribution in [1.29, 1.82) is 5.26 Å². The SMILES string of the molecule is Cc1ccc(-n2c(SCC(=O)N(C)CCC#N)nc3sc4c(c3c2=O)CCC4)cc1. The molecule has 2 heterocycles. The molecule has 0 N–H and O–H groups in total. The Morgan fingerprint density at radius 2 is 2.10 bits per heavy atom. The van der Waals surface area contributed by atoms with Crippen LogP contribution in [0.1, 0.15) is 28.8 Å². The maximum atomic E-state index is 13.6. The summed E-state index contributed by atoms with van der Waals surface area (Å²) >= 11 is 2.87. The van der Waals surface area contributed by atoms with E-state index in [2.05, 4.69) is 6.07 Å². The molecule has 0 bridgehead atoms. The average molecular weight is 439 g/mol. The summed E-state index contributed by atoms with van der Waals surface area (Å²) in [4.78, 5) is 34.4. The second kappa shape index (κ2) is 8.62. The quantitative estimate of drug-likeness (QED) is 0.433. The van der Waals surface area contributed by atoms with Crippen LogP contribution in [0.15, 0.2) is 34.2 Å². The van der Waals surface area contributed by atoms with Crippen LogP contribution < -0.4 is 5.56 Å². The summed E-state index contributed by atoms with van der Waals surface area (Å²) in [5, 5.41) is 9.98. The first-order valence-corrected chi connectivity index (χ1v) is 11.7. The third kappa shape index (κ3) is 3.87. The Labute approximate surface area is 183 Å². The van der Waals surface area contributed by atoms with Gasteiger partial charge in [-0.3, -0.25) is 14.2 Å². The molecule has 0 saturated heterocycles. The number of nitriles is 1. The van der Waals surface area contributed by atoms with Crippen LogP contribution in [0, 0.1) is 18.3 Å². The summed E-state index contributed by atoms with van der Waals surface area (Å²) in [6.45, 7) is 2.40. The smallest absolute Gasteiger partial charge is 0.267 e. The molecule has 1 aliphatic carbocycles. The van der Waals surface area contributed by atoms with Crippen molar-refractivity contribution >= 4 is 39.2 Å². The van der Waals surface area contributed by atoms with E-state index >= 15 is 0 Å². The van der Waals surface area contributed by atoms with Gasteiger partial charge in [0.2, 0.25) is 5.91 Å². The number of amides is 1. The van der Waals surface area contributed by atoms with Gasteiger partial charge < -0.3 is 4.90 Å². The molecule has 30 heavy (non-hydrogen) atoms. The van der Waals surface area contributed by atoms with E-state index in [1.54, 1.807) is 27.9 Å². The van der Waals surface area contributed by atoms with Crippen LogP contribution in [-0.2, 0) is 17.6 Å². The Hall–Kier alpha value is -2.63. The molecule has 3 aromatic rings. The van der Waals surface area contributed by atoms with Gasteiger partial charge in [-0.25, -0.2) is 4.98 Å². The minimum atomic E-state index is -0.0891. The van der Waals surface area contributed by atoms with E-state index in [1.165, 1.54) is 16.6 Å². The van der Waals surface area contributed by atoms with E-state index in [-0.39, 0.29) is 17.2 Å². The molecule has 1 aliphatic rings. The third-order valence-corrected chi connectivity index (χ3v) is 7.42. The molecule has 1 amide bonds. The Morgan fingerprint density at radius 3 is 2.83 bits per heavy atom. The minimum Gasteiger partial charge on any atom is -0.344 e. The fraction of sp³-hybridized carbons (Fsp3) is 0.364. The molecule has 6 nitrogen and oxygen atoms in total. The molecule has 8 heteroatoms. The lowest BCUT2D eigenvalue weighted by Gasteiger charge is -2.16. The second-order valence-electron chi connectivity index (χ2n) is 7.42. The first kappa shape index (κ1) is 20.6. The van der Waals surface area contributed by atoms with Gasteiger partial charge in [0.05, 0.1) is 29.3 Å². The van der Waals surface area contributed by atoms with Crippen LogP contribution >= 0.6 is 23.1 Å². The van der Waals surface area contributed by atoms with Gasteiger partial charge in [0.15, 0.2) is 5.16 Å². The van der Waals surface area contributed by atoms with Crippen LogP contribution in [-0.4, -0.2) is 39.7 Å². The van der Waals surface area contributed by atoms with Crippen molar-refractivity contribution in [3.05, 3.63) is 50.6 Å². The van der Waals surface area contributed by atoms with Crippen LogP contribution in [0.3, 0.4) is 0 Å². The van der Waals surface area contributed by atoms with Gasteiger partial charge in [-0.1, -0.05) is 29.5 Å². The molecule has 0 unspecified atom stereocenters. The molecule has 4 rings (SSSR count). The van der Waals surface area contributed by atoms with E-state index in [0.717, 1.165) is 46.3 Å². The molecule has 0 radical (unpaired) electrons. The Balaban J connectivity index is 1.75. The molecule has 0 aliphatic heterocycles. The Kier molecular flexibility index (Phi) is 5.93. The Bertz CT molecular complexity index is 1210. The Morgan fingerprint density at radius 1 is 1.33 bits per heavy atom. The van der Waals surface area contributed by atoms with Crippen molar-refractivity contribution in [3.8, 4) is 11.8 Å². The van der Waals surface area contributed by atoms with E-state index in [9.17, 15) is 9.59 Å². The number of nitrogens with zero attached hydrogens (tertiary/aromatic N) is 4. The van der Waals surface area contributed by atoms with Crippen molar-refractivity contribution in [2.75, 3.05) is 19.3 Å². The normalized spacial score (nSPS) is 12.7. The predicted octanol–water partition coefficient (Wildman–Crippen LogP) is 3.71. The molecule has 1 aromatic carbocycles. The number of aryl methyl sites for hydroxylation is 3. The number of hydrogen-bond donors (Lipinski definition) is 0. The first-order chi connectivity index (χ1) is 14.5. The fourth-order valence-electron chi connectivity index (χ4n) is 3.62. The maximum Gasteiger partial charge on any atom is 0.267 e.